The van der Waals surface area contributed by atoms with Crippen LogP contribution in [0.2, 0.25) is 0 Å². The van der Waals surface area contributed by atoms with E-state index in [4.69, 9.17) is 6.92 Å². The quantitative estimate of drug-likeness (QED) is 0.595. The standard InChI is InChI=1S/C25H31BrN2O/c1-15-14-25(22-20(15)3-2-4-21(22)26)5-7-28(8-6-25)24(29)27-23-18-10-16-9-17(12-18)13-19(23)11-16/h1-4,15-19,23H,5-14H2,(H,27,29). The number of nitrogens with one attached hydrogen (secondary N) is 1. The van der Waals surface area contributed by atoms with E-state index in [-0.39, 0.29) is 17.4 Å². The van der Waals surface area contributed by atoms with Crippen LogP contribution in [0.4, 0.5) is 4.79 Å². The van der Waals surface area contributed by atoms with Gasteiger partial charge in [-0.1, -0.05) is 28.1 Å². The highest BCUT2D eigenvalue weighted by atomic mass is 79.9. The van der Waals surface area contributed by atoms with E-state index in [1.807, 2.05) is 0 Å². The first-order valence-corrected chi connectivity index (χ1v) is 12.4. The highest BCUT2D eigenvalue weighted by Gasteiger charge is 2.50. The van der Waals surface area contributed by atoms with Gasteiger partial charge < -0.3 is 10.2 Å². The number of hydrogen-bond donors (Lipinski definition) is 1. The molecule has 3 nitrogen and oxygen atoms in total. The van der Waals surface area contributed by atoms with Crippen molar-refractivity contribution in [3.8, 4) is 0 Å². The summed E-state index contributed by atoms with van der Waals surface area (Å²) in [6.07, 6.45) is 9.91. The first-order chi connectivity index (χ1) is 14.0. The third-order valence-electron chi connectivity index (χ3n) is 9.11. The minimum Gasteiger partial charge on any atom is -0.335 e. The number of nitrogens with zero attached hydrogens (tertiary/aromatic N) is 1. The largest absolute Gasteiger partial charge is 0.335 e. The molecule has 1 aromatic rings. The molecule has 4 saturated carbocycles. The van der Waals surface area contributed by atoms with Gasteiger partial charge in [-0.25, -0.2) is 4.79 Å². The Morgan fingerprint density at radius 1 is 1.07 bits per heavy atom. The fourth-order valence-electron chi connectivity index (χ4n) is 8.03. The summed E-state index contributed by atoms with van der Waals surface area (Å²) < 4.78 is 1.19. The predicted octanol–water partition coefficient (Wildman–Crippen LogP) is 5.52. The van der Waals surface area contributed by atoms with Crippen LogP contribution in [0, 0.1) is 30.6 Å². The van der Waals surface area contributed by atoms with Gasteiger partial charge in [0.1, 0.15) is 0 Å². The second-order valence-corrected chi connectivity index (χ2v) is 11.5. The number of amides is 2. The molecule has 1 saturated heterocycles. The highest BCUT2D eigenvalue weighted by Crippen LogP contribution is 2.55. The van der Waals surface area contributed by atoms with E-state index in [2.05, 4.69) is 44.3 Å². The molecule has 154 valence electrons. The Kier molecular flexibility index (Phi) is 4.35. The van der Waals surface area contributed by atoms with Crippen molar-refractivity contribution in [1.82, 2.24) is 10.2 Å². The molecule has 5 aliphatic carbocycles. The van der Waals surface area contributed by atoms with Crippen LogP contribution in [0.3, 0.4) is 0 Å². The van der Waals surface area contributed by atoms with Crippen LogP contribution in [-0.4, -0.2) is 30.1 Å². The molecule has 1 aromatic carbocycles. The molecule has 1 spiro atoms. The van der Waals surface area contributed by atoms with Gasteiger partial charge in [0.15, 0.2) is 0 Å². The number of benzene rings is 1. The number of carbonyl (C=O) groups is 1. The third-order valence-corrected chi connectivity index (χ3v) is 9.77. The van der Waals surface area contributed by atoms with E-state index < -0.39 is 0 Å². The number of piperidine rings is 1. The molecule has 1 atom stereocenters. The lowest BCUT2D eigenvalue weighted by Gasteiger charge is -2.54. The van der Waals surface area contributed by atoms with Crippen LogP contribution in [0.25, 0.3) is 0 Å². The summed E-state index contributed by atoms with van der Waals surface area (Å²) in [7, 11) is 0. The second kappa shape index (κ2) is 6.73. The molecule has 1 aliphatic heterocycles. The zero-order valence-corrected chi connectivity index (χ0v) is 18.7. The number of urea groups is 1. The molecule has 7 rings (SSSR count). The molecule has 2 amide bonds. The van der Waals surface area contributed by atoms with E-state index in [9.17, 15) is 4.79 Å². The average molecular weight is 455 g/mol. The first-order valence-electron chi connectivity index (χ1n) is 11.6. The summed E-state index contributed by atoms with van der Waals surface area (Å²) in [4.78, 5) is 15.2. The summed E-state index contributed by atoms with van der Waals surface area (Å²) in [5, 5.41) is 3.50. The Morgan fingerprint density at radius 2 is 1.72 bits per heavy atom. The molecule has 4 heteroatoms. The lowest BCUT2D eigenvalue weighted by molar-refractivity contribution is -0.0115. The van der Waals surface area contributed by atoms with Crippen LogP contribution in [0.1, 0.15) is 68.4 Å². The lowest BCUT2D eigenvalue weighted by atomic mass is 9.54. The Hall–Kier alpha value is -1.03. The maximum absolute atomic E-state index is 13.2. The van der Waals surface area contributed by atoms with Crippen molar-refractivity contribution in [2.24, 2.45) is 23.7 Å². The number of hydrogen-bond acceptors (Lipinski definition) is 1. The number of fused-ring (bicyclic) bond motifs is 2. The van der Waals surface area contributed by atoms with E-state index in [1.54, 1.807) is 0 Å². The smallest absolute Gasteiger partial charge is 0.317 e. The molecular weight excluding hydrogens is 424 g/mol. The Balaban J connectivity index is 1.14. The lowest BCUT2D eigenvalue weighted by Crippen LogP contribution is -2.59. The van der Waals surface area contributed by atoms with Crippen LogP contribution in [-0.2, 0) is 5.41 Å². The van der Waals surface area contributed by atoms with Crippen molar-refractivity contribution in [2.45, 2.75) is 68.7 Å². The topological polar surface area (TPSA) is 32.3 Å². The van der Waals surface area contributed by atoms with Crippen LogP contribution in [0.5, 0.6) is 0 Å². The van der Waals surface area contributed by atoms with Crippen molar-refractivity contribution in [3.05, 3.63) is 40.7 Å². The van der Waals surface area contributed by atoms with Gasteiger partial charge in [-0.05, 0) is 105 Å². The minimum atomic E-state index is 0.121. The van der Waals surface area contributed by atoms with Crippen molar-refractivity contribution in [2.75, 3.05) is 13.1 Å². The molecule has 2 radical (unpaired) electrons. The monoisotopic (exact) mass is 454 g/mol. The Morgan fingerprint density at radius 3 is 2.38 bits per heavy atom. The fraction of sp³-hybridized carbons (Fsp3) is 0.680. The fourth-order valence-corrected chi connectivity index (χ4v) is 8.83. The van der Waals surface area contributed by atoms with Gasteiger partial charge in [-0.2, -0.15) is 0 Å². The van der Waals surface area contributed by atoms with Gasteiger partial charge in [0, 0.05) is 29.0 Å². The molecular formula is C25H31BrN2O. The summed E-state index contributed by atoms with van der Waals surface area (Å²) in [6.45, 7) is 8.17. The minimum absolute atomic E-state index is 0.121. The van der Waals surface area contributed by atoms with E-state index >= 15 is 0 Å². The van der Waals surface area contributed by atoms with Crippen LogP contribution in [0.15, 0.2) is 22.7 Å². The Bertz CT molecular complexity index is 800. The molecule has 1 N–H and O–H groups in total. The third kappa shape index (κ3) is 2.91. The second-order valence-electron chi connectivity index (χ2n) is 10.7. The van der Waals surface area contributed by atoms with Gasteiger partial charge in [0.2, 0.25) is 0 Å². The molecule has 0 aromatic heterocycles. The van der Waals surface area contributed by atoms with Gasteiger partial charge in [-0.15, -0.1) is 0 Å². The molecule has 1 unspecified atom stereocenters. The molecule has 5 fully saturated rings. The predicted molar refractivity (Wildman–Crippen MR) is 118 cm³/mol. The number of halogens is 1. The zero-order chi connectivity index (χ0) is 19.8. The first kappa shape index (κ1) is 18.7. The normalized spacial score (nSPS) is 39.0. The summed E-state index contributed by atoms with van der Waals surface area (Å²) in [5.74, 6) is 3.50. The van der Waals surface area contributed by atoms with Gasteiger partial charge in [-0.3, -0.25) is 0 Å². The number of carbonyl (C=O) groups excluding carboxylic acids is 1. The number of likely N-dealkylation sites (tertiary alicyclic amines) is 1. The zero-order valence-electron chi connectivity index (χ0n) is 17.1. The van der Waals surface area contributed by atoms with E-state index in [0.29, 0.717) is 6.04 Å². The maximum atomic E-state index is 13.2. The average Bonchev–Trinajstić information content (AvgIpc) is 2.97. The van der Waals surface area contributed by atoms with E-state index in [1.165, 1.54) is 47.7 Å². The Labute approximate surface area is 183 Å². The van der Waals surface area contributed by atoms with Crippen LogP contribution < -0.4 is 5.32 Å². The number of rotatable bonds is 1. The molecule has 4 bridgehead atoms. The maximum Gasteiger partial charge on any atom is 0.317 e. The van der Waals surface area contributed by atoms with Gasteiger partial charge in [0.25, 0.3) is 0 Å². The molecule has 6 aliphatic rings. The SMILES string of the molecule is [CH]C1CC2(CCN(C(=O)NC3C4CC5CC(C4)CC3C5)CC2)c2c(Br)cccc21. The van der Waals surface area contributed by atoms with Gasteiger partial charge in [0.05, 0.1) is 0 Å². The van der Waals surface area contributed by atoms with Crippen molar-refractivity contribution in [1.29, 1.82) is 0 Å². The summed E-state index contributed by atoms with van der Waals surface area (Å²) in [5.41, 5.74) is 2.84. The van der Waals surface area contributed by atoms with Crippen molar-refractivity contribution in [3.63, 3.8) is 0 Å². The summed E-state index contributed by atoms with van der Waals surface area (Å²) in [6, 6.07) is 7.04. The van der Waals surface area contributed by atoms with Crippen molar-refractivity contribution < 1.29 is 4.79 Å². The van der Waals surface area contributed by atoms with Crippen LogP contribution >= 0.6 is 15.9 Å². The molecule has 29 heavy (non-hydrogen) atoms. The van der Waals surface area contributed by atoms with E-state index in [0.717, 1.165) is 56.0 Å². The van der Waals surface area contributed by atoms with Crippen molar-refractivity contribution >= 4 is 22.0 Å². The summed E-state index contributed by atoms with van der Waals surface area (Å²) >= 11 is 3.78. The molecule has 1 heterocycles. The highest BCUT2D eigenvalue weighted by molar-refractivity contribution is 9.10. The van der Waals surface area contributed by atoms with Gasteiger partial charge >= 0.3 is 6.03 Å².